The molecule has 1 aliphatic rings. The lowest BCUT2D eigenvalue weighted by atomic mass is 10.1. The monoisotopic (exact) mass is 254 g/mol. The number of nitrogens with zero attached hydrogens (tertiary/aromatic N) is 2. The maximum Gasteiger partial charge on any atom is 0.271 e. The number of non-ortho nitro benzene ring substituents is 1. The lowest BCUT2D eigenvalue weighted by Crippen LogP contribution is -2.16. The lowest BCUT2D eigenvalue weighted by Gasteiger charge is -2.16. The Bertz CT molecular complexity index is 666. The van der Waals surface area contributed by atoms with Crippen LogP contribution in [-0.4, -0.2) is 17.2 Å². The molecular weight excluding hydrogens is 244 g/mol. The Hall–Kier alpha value is -2.69. The van der Waals surface area contributed by atoms with E-state index in [9.17, 15) is 10.1 Å². The van der Waals surface area contributed by atoms with E-state index in [4.69, 9.17) is 4.74 Å². The smallest absolute Gasteiger partial charge is 0.271 e. The first-order valence-electron chi connectivity index (χ1n) is 5.78. The highest BCUT2D eigenvalue weighted by atomic mass is 16.6. The molecule has 19 heavy (non-hydrogen) atoms. The van der Waals surface area contributed by atoms with Gasteiger partial charge in [-0.3, -0.25) is 10.1 Å². The van der Waals surface area contributed by atoms with Crippen LogP contribution in [0.4, 0.5) is 11.4 Å². The maximum atomic E-state index is 10.8. The second-order valence-electron chi connectivity index (χ2n) is 4.12. The number of aliphatic imine (C=N–C) groups is 1. The highest BCUT2D eigenvalue weighted by Crippen LogP contribution is 2.34. The fourth-order valence-electron chi connectivity index (χ4n) is 1.93. The molecule has 0 aliphatic carbocycles. The molecule has 5 nitrogen and oxygen atoms in total. The summed E-state index contributed by atoms with van der Waals surface area (Å²) < 4.78 is 5.57. The Morgan fingerprint density at radius 1 is 1.16 bits per heavy atom. The fourth-order valence-corrected chi connectivity index (χ4v) is 1.93. The summed E-state index contributed by atoms with van der Waals surface area (Å²) in [4.78, 5) is 14.8. The van der Waals surface area contributed by atoms with Crippen molar-refractivity contribution in [2.45, 2.75) is 0 Å². The Kier molecular flexibility index (Phi) is 2.72. The van der Waals surface area contributed by atoms with Crippen molar-refractivity contribution in [3.05, 3.63) is 64.2 Å². The highest BCUT2D eigenvalue weighted by molar-refractivity contribution is 6.04. The number of hydrogen-bond donors (Lipinski definition) is 0. The molecule has 5 heteroatoms. The molecule has 0 bridgehead atoms. The minimum atomic E-state index is -0.438. The van der Waals surface area contributed by atoms with Crippen LogP contribution in [0.5, 0.6) is 5.75 Å². The van der Waals surface area contributed by atoms with Gasteiger partial charge in [0.05, 0.1) is 10.6 Å². The van der Waals surface area contributed by atoms with Gasteiger partial charge in [0.25, 0.3) is 5.69 Å². The number of fused-ring (bicyclic) bond motifs is 1. The summed E-state index contributed by atoms with van der Waals surface area (Å²) in [5, 5.41) is 10.8. The van der Waals surface area contributed by atoms with E-state index in [1.165, 1.54) is 12.1 Å². The predicted molar refractivity (Wildman–Crippen MR) is 71.2 cm³/mol. The first-order chi connectivity index (χ1) is 9.24. The zero-order valence-corrected chi connectivity index (χ0v) is 9.95. The van der Waals surface area contributed by atoms with Crippen LogP contribution in [0.1, 0.15) is 5.56 Å². The summed E-state index contributed by atoms with van der Waals surface area (Å²) in [7, 11) is 0. The average molecular weight is 254 g/mol. The van der Waals surface area contributed by atoms with Crippen molar-refractivity contribution in [1.29, 1.82) is 0 Å². The van der Waals surface area contributed by atoms with Crippen molar-refractivity contribution in [1.82, 2.24) is 0 Å². The number of hydrogen-bond acceptors (Lipinski definition) is 4. The first-order valence-corrected chi connectivity index (χ1v) is 5.78. The standard InChI is InChI=1S/C14H10N2O3/c17-16(18)11-6-7-14-12(8-11)15-13(9-19-14)10-4-2-1-3-5-10/h1-8H,9H2. The quantitative estimate of drug-likeness (QED) is 0.611. The normalized spacial score (nSPS) is 13.2. The topological polar surface area (TPSA) is 64.7 Å². The van der Waals surface area contributed by atoms with Gasteiger partial charge in [-0.2, -0.15) is 0 Å². The Labute approximate surface area is 109 Å². The largest absolute Gasteiger partial charge is 0.485 e. The summed E-state index contributed by atoms with van der Waals surface area (Å²) in [6, 6.07) is 14.1. The minimum absolute atomic E-state index is 0.0143. The number of nitro groups is 1. The maximum absolute atomic E-state index is 10.8. The molecule has 0 aromatic heterocycles. The molecule has 0 amide bonds. The van der Waals surface area contributed by atoms with Crippen LogP contribution >= 0.6 is 0 Å². The van der Waals surface area contributed by atoms with Crippen LogP contribution in [0.3, 0.4) is 0 Å². The summed E-state index contributed by atoms with van der Waals surface area (Å²) in [5.41, 5.74) is 2.24. The molecule has 2 aromatic rings. The van der Waals surface area contributed by atoms with Gasteiger partial charge < -0.3 is 4.74 Å². The minimum Gasteiger partial charge on any atom is -0.485 e. The third-order valence-corrected chi connectivity index (χ3v) is 2.88. The van der Waals surface area contributed by atoms with E-state index in [1.807, 2.05) is 30.3 Å². The SMILES string of the molecule is O=[N+]([O-])c1ccc2c(c1)N=C(c1ccccc1)CO2. The van der Waals surface area contributed by atoms with Crippen LogP contribution in [0.25, 0.3) is 0 Å². The van der Waals surface area contributed by atoms with E-state index in [0.29, 0.717) is 18.0 Å². The average Bonchev–Trinajstić information content (AvgIpc) is 2.47. The molecular formula is C14H10N2O3. The van der Waals surface area contributed by atoms with E-state index in [1.54, 1.807) is 6.07 Å². The zero-order chi connectivity index (χ0) is 13.2. The van der Waals surface area contributed by atoms with Gasteiger partial charge in [-0.15, -0.1) is 0 Å². The molecule has 0 saturated carbocycles. The molecule has 0 fully saturated rings. The van der Waals surface area contributed by atoms with E-state index < -0.39 is 4.92 Å². The van der Waals surface area contributed by atoms with E-state index >= 15 is 0 Å². The van der Waals surface area contributed by atoms with Crippen molar-refractivity contribution >= 4 is 17.1 Å². The molecule has 0 N–H and O–H groups in total. The fraction of sp³-hybridized carbons (Fsp3) is 0.0714. The van der Waals surface area contributed by atoms with Gasteiger partial charge in [0, 0.05) is 12.1 Å². The molecule has 3 rings (SSSR count). The first kappa shape index (κ1) is 11.4. The van der Waals surface area contributed by atoms with Gasteiger partial charge in [0.2, 0.25) is 0 Å². The third-order valence-electron chi connectivity index (χ3n) is 2.88. The van der Waals surface area contributed by atoms with E-state index in [0.717, 1.165) is 11.3 Å². The van der Waals surface area contributed by atoms with Crippen LogP contribution in [0.15, 0.2) is 53.5 Å². The van der Waals surface area contributed by atoms with Crippen molar-refractivity contribution in [3.63, 3.8) is 0 Å². The van der Waals surface area contributed by atoms with Crippen molar-refractivity contribution in [2.75, 3.05) is 6.61 Å². The van der Waals surface area contributed by atoms with Crippen molar-refractivity contribution < 1.29 is 9.66 Å². The molecule has 0 atom stereocenters. The molecule has 94 valence electrons. The van der Waals surface area contributed by atoms with Gasteiger partial charge in [-0.1, -0.05) is 30.3 Å². The third kappa shape index (κ3) is 2.18. The van der Waals surface area contributed by atoms with Crippen molar-refractivity contribution in [3.8, 4) is 5.75 Å². The predicted octanol–water partition coefficient (Wildman–Crippen LogP) is 3.11. The van der Waals surface area contributed by atoms with Gasteiger partial charge >= 0.3 is 0 Å². The zero-order valence-electron chi connectivity index (χ0n) is 9.95. The molecule has 0 radical (unpaired) electrons. The second kappa shape index (κ2) is 4.53. The molecule has 1 aliphatic heterocycles. The summed E-state index contributed by atoms with van der Waals surface area (Å²) in [6.45, 7) is 0.370. The van der Waals surface area contributed by atoms with Crippen molar-refractivity contribution in [2.24, 2.45) is 4.99 Å². The van der Waals surface area contributed by atoms with E-state index in [2.05, 4.69) is 4.99 Å². The summed E-state index contributed by atoms with van der Waals surface area (Å²) >= 11 is 0. The molecule has 0 spiro atoms. The number of nitro benzene ring substituents is 1. The number of ether oxygens (including phenoxy) is 1. The van der Waals surface area contributed by atoms with Gasteiger partial charge in [-0.25, -0.2) is 4.99 Å². The van der Waals surface area contributed by atoms with Crippen LogP contribution in [-0.2, 0) is 0 Å². The molecule has 1 heterocycles. The number of benzene rings is 2. The Balaban J connectivity index is 2.04. The molecule has 0 unspecified atom stereocenters. The van der Waals surface area contributed by atoms with Gasteiger partial charge in [0.1, 0.15) is 18.0 Å². The Morgan fingerprint density at radius 2 is 1.95 bits per heavy atom. The van der Waals surface area contributed by atoms with Crippen LogP contribution in [0, 0.1) is 10.1 Å². The Morgan fingerprint density at radius 3 is 2.68 bits per heavy atom. The van der Waals surface area contributed by atoms with Gasteiger partial charge in [0.15, 0.2) is 0 Å². The summed E-state index contributed by atoms with van der Waals surface area (Å²) in [6.07, 6.45) is 0. The molecule has 0 saturated heterocycles. The van der Waals surface area contributed by atoms with Crippen LogP contribution < -0.4 is 4.74 Å². The van der Waals surface area contributed by atoms with Crippen LogP contribution in [0.2, 0.25) is 0 Å². The van der Waals surface area contributed by atoms with Gasteiger partial charge in [-0.05, 0) is 11.6 Å². The lowest BCUT2D eigenvalue weighted by molar-refractivity contribution is -0.384. The highest BCUT2D eigenvalue weighted by Gasteiger charge is 2.17. The molecule has 2 aromatic carbocycles. The second-order valence-corrected chi connectivity index (χ2v) is 4.12. The van der Waals surface area contributed by atoms with E-state index in [-0.39, 0.29) is 5.69 Å². The summed E-state index contributed by atoms with van der Waals surface area (Å²) in [5.74, 6) is 0.574. The number of rotatable bonds is 2.